The third-order valence-corrected chi connectivity index (χ3v) is 2.88. The highest BCUT2D eigenvalue weighted by Gasteiger charge is 2.44. The number of aliphatic hydroxyl groups excluding tert-OH is 2. The van der Waals surface area contributed by atoms with Gasteiger partial charge in [0.05, 0.1) is 5.92 Å². The third kappa shape index (κ3) is 1.82. The highest BCUT2D eigenvalue weighted by atomic mass is 16.4. The molecule has 5 heteroatoms. The van der Waals surface area contributed by atoms with E-state index in [4.69, 9.17) is 21.1 Å². The second-order valence-electron chi connectivity index (χ2n) is 3.54. The zero-order valence-corrected chi connectivity index (χ0v) is 7.26. The lowest BCUT2D eigenvalue weighted by molar-refractivity contribution is -0.143. The van der Waals surface area contributed by atoms with Crippen LogP contribution in [-0.4, -0.2) is 40.5 Å². The van der Waals surface area contributed by atoms with E-state index in [9.17, 15) is 4.79 Å². The Balaban J connectivity index is 2.74. The molecular weight excluding hydrogens is 174 g/mol. The molecule has 0 heterocycles. The summed E-state index contributed by atoms with van der Waals surface area (Å²) in [4.78, 5) is 10.7. The molecule has 1 saturated carbocycles. The molecule has 4 atom stereocenters. The van der Waals surface area contributed by atoms with Gasteiger partial charge in [-0.05, 0) is 6.42 Å². The molecule has 13 heavy (non-hydrogen) atoms. The average Bonchev–Trinajstić information content (AvgIpc) is 2.41. The van der Waals surface area contributed by atoms with Gasteiger partial charge in [-0.3, -0.25) is 4.79 Å². The molecule has 0 spiro atoms. The van der Waals surface area contributed by atoms with Crippen LogP contribution in [0.15, 0.2) is 0 Å². The maximum Gasteiger partial charge on any atom is 0.306 e. The molecule has 76 valence electrons. The van der Waals surface area contributed by atoms with Crippen LogP contribution in [0, 0.1) is 17.8 Å². The van der Waals surface area contributed by atoms with Gasteiger partial charge in [-0.1, -0.05) is 0 Å². The highest BCUT2D eigenvalue weighted by molar-refractivity contribution is 5.71. The van der Waals surface area contributed by atoms with Gasteiger partial charge in [0, 0.05) is 31.1 Å². The van der Waals surface area contributed by atoms with Crippen molar-refractivity contribution in [2.24, 2.45) is 23.5 Å². The van der Waals surface area contributed by atoms with E-state index < -0.39 is 17.8 Å². The molecule has 0 aromatic rings. The van der Waals surface area contributed by atoms with Crippen molar-refractivity contribution in [1.29, 1.82) is 0 Å². The van der Waals surface area contributed by atoms with E-state index in [1.54, 1.807) is 0 Å². The Hall–Kier alpha value is -0.650. The summed E-state index contributed by atoms with van der Waals surface area (Å²) in [5, 5.41) is 26.7. The summed E-state index contributed by atoms with van der Waals surface area (Å²) in [6.45, 7) is -0.383. The van der Waals surface area contributed by atoms with Gasteiger partial charge in [-0.2, -0.15) is 0 Å². The number of carboxylic acids is 1. The van der Waals surface area contributed by atoms with E-state index in [1.807, 2.05) is 0 Å². The molecular formula is C8H15NO4. The highest BCUT2D eigenvalue weighted by Crippen LogP contribution is 2.35. The van der Waals surface area contributed by atoms with Crippen molar-refractivity contribution in [2.75, 3.05) is 13.2 Å². The van der Waals surface area contributed by atoms with Crippen LogP contribution in [0.3, 0.4) is 0 Å². The summed E-state index contributed by atoms with van der Waals surface area (Å²) < 4.78 is 0. The lowest BCUT2D eigenvalue weighted by Crippen LogP contribution is -2.32. The summed E-state index contributed by atoms with van der Waals surface area (Å²) in [7, 11) is 0. The van der Waals surface area contributed by atoms with Crippen LogP contribution in [-0.2, 0) is 4.79 Å². The molecule has 1 aliphatic rings. The largest absolute Gasteiger partial charge is 0.481 e. The summed E-state index contributed by atoms with van der Waals surface area (Å²) >= 11 is 0. The number of aliphatic hydroxyl groups is 2. The van der Waals surface area contributed by atoms with Crippen LogP contribution in [0.25, 0.3) is 0 Å². The third-order valence-electron chi connectivity index (χ3n) is 2.88. The van der Waals surface area contributed by atoms with Crippen molar-refractivity contribution in [3.05, 3.63) is 0 Å². The Morgan fingerprint density at radius 1 is 1.31 bits per heavy atom. The van der Waals surface area contributed by atoms with Crippen LogP contribution in [0.2, 0.25) is 0 Å². The first-order chi connectivity index (χ1) is 6.11. The Kier molecular flexibility index (Phi) is 3.24. The standard InChI is InChI=1S/C8H15NO4/c9-7-1-4(8(12)13)5(2-10)6(7)3-11/h4-7,10-11H,1-3,9H2,(H,12,13). The molecule has 5 nitrogen and oxygen atoms in total. The fraction of sp³-hybridized carbons (Fsp3) is 0.875. The van der Waals surface area contributed by atoms with Crippen LogP contribution in [0.1, 0.15) is 6.42 Å². The minimum absolute atomic E-state index is 0.157. The Bertz CT molecular complexity index is 197. The van der Waals surface area contributed by atoms with Gasteiger partial charge in [-0.15, -0.1) is 0 Å². The van der Waals surface area contributed by atoms with E-state index >= 15 is 0 Å². The minimum atomic E-state index is -0.939. The summed E-state index contributed by atoms with van der Waals surface area (Å²) in [6.07, 6.45) is 0.339. The molecule has 1 fully saturated rings. The lowest BCUT2D eigenvalue weighted by Gasteiger charge is -2.19. The van der Waals surface area contributed by atoms with Gasteiger partial charge in [0.15, 0.2) is 0 Å². The molecule has 0 aromatic heterocycles. The molecule has 0 aliphatic heterocycles. The van der Waals surface area contributed by atoms with E-state index in [0.717, 1.165) is 0 Å². The number of nitrogens with two attached hydrogens (primary N) is 1. The summed E-state index contributed by atoms with van der Waals surface area (Å²) in [6, 6.07) is -0.316. The smallest absolute Gasteiger partial charge is 0.306 e. The first-order valence-corrected chi connectivity index (χ1v) is 4.32. The van der Waals surface area contributed by atoms with Gasteiger partial charge in [0.25, 0.3) is 0 Å². The Morgan fingerprint density at radius 3 is 2.23 bits per heavy atom. The van der Waals surface area contributed by atoms with Gasteiger partial charge < -0.3 is 21.1 Å². The topological polar surface area (TPSA) is 104 Å². The number of hydrogen-bond acceptors (Lipinski definition) is 4. The molecule has 5 N–H and O–H groups in total. The fourth-order valence-electron chi connectivity index (χ4n) is 2.08. The SMILES string of the molecule is NC1CC(C(=O)O)C(CO)C1CO. The predicted octanol–water partition coefficient (Wildman–Crippen LogP) is -1.36. The van der Waals surface area contributed by atoms with Crippen LogP contribution >= 0.6 is 0 Å². The average molecular weight is 189 g/mol. The van der Waals surface area contributed by atoms with Gasteiger partial charge in [0.2, 0.25) is 0 Å². The molecule has 1 aliphatic carbocycles. The minimum Gasteiger partial charge on any atom is -0.481 e. The monoisotopic (exact) mass is 189 g/mol. The number of rotatable bonds is 3. The molecule has 0 saturated heterocycles. The van der Waals surface area contributed by atoms with E-state index in [0.29, 0.717) is 6.42 Å². The van der Waals surface area contributed by atoms with Crippen LogP contribution in [0.5, 0.6) is 0 Å². The molecule has 0 aromatic carbocycles. The molecule has 0 bridgehead atoms. The predicted molar refractivity (Wildman–Crippen MR) is 44.9 cm³/mol. The first-order valence-electron chi connectivity index (χ1n) is 4.32. The lowest BCUT2D eigenvalue weighted by atomic mass is 9.90. The van der Waals surface area contributed by atoms with E-state index in [-0.39, 0.29) is 25.2 Å². The Morgan fingerprint density at radius 2 is 1.85 bits per heavy atom. The molecule has 0 radical (unpaired) electrons. The fourth-order valence-corrected chi connectivity index (χ4v) is 2.08. The normalized spacial score (nSPS) is 39.3. The van der Waals surface area contributed by atoms with Crippen molar-refractivity contribution in [1.82, 2.24) is 0 Å². The summed E-state index contributed by atoms with van der Waals surface area (Å²) in [5.74, 6) is -2.24. The van der Waals surface area contributed by atoms with E-state index in [1.165, 1.54) is 0 Å². The van der Waals surface area contributed by atoms with Crippen molar-refractivity contribution in [3.8, 4) is 0 Å². The molecule has 1 rings (SSSR count). The Labute approximate surface area is 76.2 Å². The van der Waals surface area contributed by atoms with Crippen molar-refractivity contribution in [2.45, 2.75) is 12.5 Å². The van der Waals surface area contributed by atoms with Crippen molar-refractivity contribution >= 4 is 5.97 Å². The number of aliphatic carboxylic acids is 1. The second kappa shape index (κ2) is 4.04. The zero-order chi connectivity index (χ0) is 10.0. The summed E-state index contributed by atoms with van der Waals surface area (Å²) in [5.41, 5.74) is 5.65. The zero-order valence-electron chi connectivity index (χ0n) is 7.26. The van der Waals surface area contributed by atoms with Gasteiger partial charge in [0.1, 0.15) is 0 Å². The van der Waals surface area contributed by atoms with Crippen LogP contribution in [0.4, 0.5) is 0 Å². The molecule has 4 unspecified atom stereocenters. The van der Waals surface area contributed by atoms with Crippen molar-refractivity contribution in [3.63, 3.8) is 0 Å². The maximum absolute atomic E-state index is 10.7. The first kappa shape index (κ1) is 10.4. The van der Waals surface area contributed by atoms with Gasteiger partial charge >= 0.3 is 5.97 Å². The quantitative estimate of drug-likeness (QED) is 0.439. The number of hydrogen-bond donors (Lipinski definition) is 4. The van der Waals surface area contributed by atoms with Gasteiger partial charge in [-0.25, -0.2) is 0 Å². The van der Waals surface area contributed by atoms with Crippen LogP contribution < -0.4 is 5.73 Å². The van der Waals surface area contributed by atoms with Crippen molar-refractivity contribution < 1.29 is 20.1 Å². The maximum atomic E-state index is 10.7. The number of carbonyl (C=O) groups is 1. The molecule has 0 amide bonds. The second-order valence-corrected chi connectivity index (χ2v) is 3.54. The number of carboxylic acid groups (broad SMARTS) is 1. The van der Waals surface area contributed by atoms with E-state index in [2.05, 4.69) is 0 Å².